The van der Waals surface area contributed by atoms with E-state index in [4.69, 9.17) is 50.0 Å². The smallest absolute Gasteiger partial charge is 0.341 e. The Labute approximate surface area is 191 Å². The van der Waals surface area contributed by atoms with Crippen molar-refractivity contribution in [2.75, 3.05) is 18.6 Å². The van der Waals surface area contributed by atoms with Crippen LogP contribution in [0.2, 0.25) is 10.0 Å². The summed E-state index contributed by atoms with van der Waals surface area (Å²) in [7, 11) is 1.51. The molecule has 1 fully saturated rings. The number of halogens is 2. The van der Waals surface area contributed by atoms with Crippen molar-refractivity contribution in [3.05, 3.63) is 57.6 Å². The predicted octanol–water partition coefficient (Wildman–Crippen LogP) is 3.30. The van der Waals surface area contributed by atoms with E-state index in [9.17, 15) is 14.4 Å². The highest BCUT2D eigenvalue weighted by atomic mass is 35.5. The number of hydrogen-bond donors (Lipinski definition) is 2. The van der Waals surface area contributed by atoms with Gasteiger partial charge >= 0.3 is 5.97 Å². The average molecular weight is 481 g/mol. The quantitative estimate of drug-likeness (QED) is 0.371. The fourth-order valence-electron chi connectivity index (χ4n) is 2.72. The van der Waals surface area contributed by atoms with Crippen LogP contribution in [0.15, 0.2) is 42.0 Å². The van der Waals surface area contributed by atoms with E-state index in [2.05, 4.69) is 5.32 Å². The van der Waals surface area contributed by atoms with E-state index in [1.807, 2.05) is 0 Å². The summed E-state index contributed by atoms with van der Waals surface area (Å²) in [6, 6.07) is 9.34. The van der Waals surface area contributed by atoms with Gasteiger partial charge in [-0.15, -0.1) is 0 Å². The number of thiocarbonyl (C=S) groups is 1. The Morgan fingerprint density at radius 2 is 1.81 bits per heavy atom. The number of amides is 2. The number of carbonyl (C=O) groups excluding carboxylic acids is 2. The Kier molecular flexibility index (Phi) is 6.79. The second kappa shape index (κ2) is 9.34. The molecule has 1 saturated heterocycles. The van der Waals surface area contributed by atoms with Gasteiger partial charge in [0.25, 0.3) is 11.8 Å². The molecule has 1 heterocycles. The zero-order chi connectivity index (χ0) is 22.7. The second-order valence-corrected chi connectivity index (χ2v) is 7.35. The normalized spacial score (nSPS) is 15.1. The Balaban J connectivity index is 1.95. The van der Waals surface area contributed by atoms with E-state index in [1.54, 1.807) is 24.3 Å². The topological polar surface area (TPSA) is 105 Å². The van der Waals surface area contributed by atoms with Gasteiger partial charge < -0.3 is 14.6 Å². The Bertz CT molecular complexity index is 1090. The molecule has 1 aliphatic heterocycles. The van der Waals surface area contributed by atoms with Crippen molar-refractivity contribution in [1.29, 1.82) is 0 Å². The number of benzene rings is 2. The van der Waals surface area contributed by atoms with E-state index in [1.165, 1.54) is 30.2 Å². The van der Waals surface area contributed by atoms with Crippen molar-refractivity contribution in [1.82, 2.24) is 5.32 Å². The van der Waals surface area contributed by atoms with Gasteiger partial charge in [-0.3, -0.25) is 19.8 Å². The molecule has 2 aromatic rings. The molecule has 2 N–H and O–H groups in total. The van der Waals surface area contributed by atoms with Gasteiger partial charge in [0, 0.05) is 0 Å². The summed E-state index contributed by atoms with van der Waals surface area (Å²) in [6.45, 7) is -0.630. The zero-order valence-electron chi connectivity index (χ0n) is 15.8. The van der Waals surface area contributed by atoms with Crippen LogP contribution in [0.5, 0.6) is 11.5 Å². The molecule has 11 heteroatoms. The number of nitrogens with zero attached hydrogens (tertiary/aromatic N) is 1. The van der Waals surface area contributed by atoms with Crippen molar-refractivity contribution in [3.63, 3.8) is 0 Å². The van der Waals surface area contributed by atoms with Crippen molar-refractivity contribution in [2.45, 2.75) is 0 Å². The van der Waals surface area contributed by atoms with E-state index in [-0.39, 0.29) is 26.5 Å². The van der Waals surface area contributed by atoms with Gasteiger partial charge in [0.1, 0.15) is 11.3 Å². The van der Waals surface area contributed by atoms with Crippen molar-refractivity contribution in [2.24, 2.45) is 0 Å². The van der Waals surface area contributed by atoms with E-state index in [0.717, 1.165) is 0 Å². The number of ether oxygens (including phenoxy) is 2. The molecule has 0 bridgehead atoms. The van der Waals surface area contributed by atoms with Crippen molar-refractivity contribution >= 4 is 70.1 Å². The van der Waals surface area contributed by atoms with Gasteiger partial charge in [-0.05, 0) is 60.3 Å². The molecule has 0 aromatic heterocycles. The fourth-order valence-corrected chi connectivity index (χ4v) is 3.62. The molecule has 1 aliphatic rings. The first-order valence-corrected chi connectivity index (χ1v) is 9.77. The number of aliphatic carboxylic acids is 1. The zero-order valence-corrected chi connectivity index (χ0v) is 18.2. The summed E-state index contributed by atoms with van der Waals surface area (Å²) in [5, 5.41) is 11.2. The number of methoxy groups -OCH3 is 1. The molecule has 0 atom stereocenters. The molecule has 0 saturated carbocycles. The minimum absolute atomic E-state index is 0.0201. The minimum atomic E-state index is -1.20. The monoisotopic (exact) mass is 480 g/mol. The van der Waals surface area contributed by atoms with Crippen molar-refractivity contribution in [3.8, 4) is 11.5 Å². The number of carbonyl (C=O) groups is 3. The fraction of sp³-hybridized carbons (Fsp3) is 0.100. The van der Waals surface area contributed by atoms with E-state index in [0.29, 0.717) is 17.0 Å². The Hall–Kier alpha value is -3.14. The lowest BCUT2D eigenvalue weighted by molar-refractivity contribution is -0.139. The summed E-state index contributed by atoms with van der Waals surface area (Å²) < 4.78 is 10.2. The van der Waals surface area contributed by atoms with Gasteiger partial charge in [0.2, 0.25) is 0 Å². The lowest BCUT2D eigenvalue weighted by atomic mass is 10.1. The van der Waals surface area contributed by atoms with Crippen LogP contribution in [0.25, 0.3) is 6.08 Å². The van der Waals surface area contributed by atoms with E-state index < -0.39 is 24.4 Å². The Morgan fingerprint density at radius 3 is 2.35 bits per heavy atom. The summed E-state index contributed by atoms with van der Waals surface area (Å²) in [5.41, 5.74) is 0.574. The van der Waals surface area contributed by atoms with Crippen LogP contribution in [0.3, 0.4) is 0 Å². The number of nitrogens with one attached hydrogen (secondary N) is 1. The molecule has 0 radical (unpaired) electrons. The third-order valence-corrected chi connectivity index (χ3v) is 4.95. The van der Waals surface area contributed by atoms with Gasteiger partial charge in [0.05, 0.1) is 22.8 Å². The van der Waals surface area contributed by atoms with Gasteiger partial charge in [-0.1, -0.05) is 23.2 Å². The highest BCUT2D eigenvalue weighted by molar-refractivity contribution is 7.80. The van der Waals surface area contributed by atoms with Crippen molar-refractivity contribution < 1.29 is 29.0 Å². The average Bonchev–Trinajstić information content (AvgIpc) is 2.70. The number of hydrogen-bond acceptors (Lipinski definition) is 6. The first kappa shape index (κ1) is 22.5. The molecule has 160 valence electrons. The molecule has 8 nitrogen and oxygen atoms in total. The molecular formula is C20H14Cl2N2O6S. The maximum absolute atomic E-state index is 13.0. The summed E-state index contributed by atoms with van der Waals surface area (Å²) in [6.07, 6.45) is 1.30. The minimum Gasteiger partial charge on any atom is -0.497 e. The third kappa shape index (κ3) is 4.96. The van der Waals surface area contributed by atoms with Crippen LogP contribution in [-0.4, -0.2) is 41.7 Å². The highest BCUT2D eigenvalue weighted by Crippen LogP contribution is 2.35. The number of anilines is 1. The number of carboxylic acid groups (broad SMARTS) is 1. The van der Waals surface area contributed by atoms with Gasteiger partial charge in [-0.2, -0.15) is 0 Å². The maximum Gasteiger partial charge on any atom is 0.341 e. The summed E-state index contributed by atoms with van der Waals surface area (Å²) in [5.74, 6) is -1.95. The largest absolute Gasteiger partial charge is 0.497 e. The number of carboxylic acids is 1. The molecule has 0 unspecified atom stereocenters. The lowest BCUT2D eigenvalue weighted by Gasteiger charge is -2.29. The van der Waals surface area contributed by atoms with Crippen LogP contribution in [-0.2, 0) is 14.4 Å². The molecule has 2 amide bonds. The first-order valence-electron chi connectivity index (χ1n) is 8.60. The Morgan fingerprint density at radius 1 is 1.19 bits per heavy atom. The van der Waals surface area contributed by atoms with Crippen LogP contribution in [0.1, 0.15) is 5.56 Å². The van der Waals surface area contributed by atoms with Crippen LogP contribution in [0, 0.1) is 0 Å². The standard InChI is InChI=1S/C20H14Cl2N2O6S/c1-29-12-4-2-11(3-5-12)24-19(28)13(18(27)23-20(24)31)6-10-7-14(21)17(15(22)8-10)30-9-16(25)26/h2-8H,9H2,1H3,(H,25,26)(H,23,27,31). The predicted molar refractivity (Wildman–Crippen MR) is 119 cm³/mol. The number of rotatable bonds is 6. The first-order chi connectivity index (χ1) is 14.7. The second-order valence-electron chi connectivity index (χ2n) is 6.15. The maximum atomic E-state index is 13.0. The summed E-state index contributed by atoms with van der Waals surface area (Å²) >= 11 is 17.4. The molecule has 0 aliphatic carbocycles. The molecule has 31 heavy (non-hydrogen) atoms. The summed E-state index contributed by atoms with van der Waals surface area (Å²) in [4.78, 5) is 37.3. The highest BCUT2D eigenvalue weighted by Gasteiger charge is 2.34. The third-order valence-electron chi connectivity index (χ3n) is 4.10. The van der Waals surface area contributed by atoms with Gasteiger partial charge in [-0.25, -0.2) is 4.79 Å². The molecular weight excluding hydrogens is 467 g/mol. The van der Waals surface area contributed by atoms with Crippen LogP contribution < -0.4 is 19.7 Å². The van der Waals surface area contributed by atoms with Crippen LogP contribution >= 0.6 is 35.4 Å². The van der Waals surface area contributed by atoms with Crippen LogP contribution in [0.4, 0.5) is 5.69 Å². The van der Waals surface area contributed by atoms with Gasteiger partial charge in [0.15, 0.2) is 17.5 Å². The lowest BCUT2D eigenvalue weighted by Crippen LogP contribution is -2.54. The molecule has 3 rings (SSSR count). The molecule has 2 aromatic carbocycles. The molecule has 0 spiro atoms. The SMILES string of the molecule is COc1ccc(N2C(=O)C(=Cc3cc(Cl)c(OCC(=O)O)c(Cl)c3)C(=O)NC2=S)cc1. The van der Waals surface area contributed by atoms with E-state index >= 15 is 0 Å².